The van der Waals surface area contributed by atoms with Crippen LogP contribution in [0.5, 0.6) is 5.75 Å². The molecule has 0 aliphatic heterocycles. The minimum atomic E-state index is 0.433. The van der Waals surface area contributed by atoms with Crippen LogP contribution in [0.3, 0.4) is 0 Å². The lowest BCUT2D eigenvalue weighted by atomic mass is 10.1. The molecule has 66 valence electrons. The Kier molecular flexibility index (Phi) is 3.04. The zero-order chi connectivity index (χ0) is 9.68. The third-order valence-corrected chi connectivity index (χ3v) is 1.69. The molecule has 0 aliphatic carbocycles. The highest BCUT2D eigenvalue weighted by Crippen LogP contribution is 2.11. The van der Waals surface area contributed by atoms with E-state index >= 15 is 0 Å². The molecular weight excluding hydrogens is 164 g/mol. The van der Waals surface area contributed by atoms with E-state index in [1.165, 1.54) is 0 Å². The van der Waals surface area contributed by atoms with Gasteiger partial charge in [-0.25, -0.2) is 0 Å². The molecule has 0 radical (unpaired) electrons. The Morgan fingerprint density at radius 1 is 1.38 bits per heavy atom. The minimum Gasteiger partial charge on any atom is -0.497 e. The van der Waals surface area contributed by atoms with Crippen LogP contribution in [0.15, 0.2) is 29.3 Å². The van der Waals surface area contributed by atoms with Crippen molar-refractivity contribution in [3.8, 4) is 11.8 Å². The van der Waals surface area contributed by atoms with E-state index in [2.05, 4.69) is 4.99 Å². The van der Waals surface area contributed by atoms with Gasteiger partial charge in [0.05, 0.1) is 7.11 Å². The van der Waals surface area contributed by atoms with Crippen molar-refractivity contribution in [2.75, 3.05) is 14.2 Å². The molecule has 0 heterocycles. The van der Waals surface area contributed by atoms with Crippen LogP contribution in [0.1, 0.15) is 5.56 Å². The number of rotatable bonds is 2. The van der Waals surface area contributed by atoms with E-state index in [4.69, 9.17) is 10.00 Å². The molecule has 0 atom stereocenters. The lowest BCUT2D eigenvalue weighted by Crippen LogP contribution is -1.96. The third-order valence-electron chi connectivity index (χ3n) is 1.69. The van der Waals surface area contributed by atoms with Crippen LogP contribution >= 0.6 is 0 Å². The van der Waals surface area contributed by atoms with Gasteiger partial charge >= 0.3 is 0 Å². The van der Waals surface area contributed by atoms with Crippen LogP contribution < -0.4 is 4.74 Å². The van der Waals surface area contributed by atoms with Crippen LogP contribution in [0.4, 0.5) is 0 Å². The number of nitrogens with zero attached hydrogens (tertiary/aromatic N) is 2. The molecule has 0 fully saturated rings. The average Bonchev–Trinajstić information content (AvgIpc) is 2.21. The average molecular weight is 174 g/mol. The number of hydrogen-bond acceptors (Lipinski definition) is 3. The number of methoxy groups -OCH3 is 1. The second kappa shape index (κ2) is 4.27. The summed E-state index contributed by atoms with van der Waals surface area (Å²) in [5.41, 5.74) is 1.24. The number of nitriles is 1. The normalized spacial score (nSPS) is 10.7. The van der Waals surface area contributed by atoms with E-state index in [9.17, 15) is 0 Å². The first-order chi connectivity index (χ1) is 6.31. The summed E-state index contributed by atoms with van der Waals surface area (Å²) in [5.74, 6) is 0.775. The standard InChI is InChI=1S/C10H10N2O/c1-12-10(7-11)8-3-5-9(13-2)6-4-8/h3-6H,1-2H3/b12-10-. The van der Waals surface area contributed by atoms with Gasteiger partial charge in [0, 0.05) is 12.6 Å². The summed E-state index contributed by atoms with van der Waals surface area (Å²) in [6.07, 6.45) is 0. The van der Waals surface area contributed by atoms with E-state index in [-0.39, 0.29) is 0 Å². The van der Waals surface area contributed by atoms with Crippen molar-refractivity contribution >= 4 is 5.71 Å². The highest BCUT2D eigenvalue weighted by atomic mass is 16.5. The lowest BCUT2D eigenvalue weighted by Gasteiger charge is -2.00. The van der Waals surface area contributed by atoms with E-state index in [0.717, 1.165) is 11.3 Å². The molecule has 3 heteroatoms. The quantitative estimate of drug-likeness (QED) is 0.640. The molecule has 0 aliphatic rings. The summed E-state index contributed by atoms with van der Waals surface area (Å²) in [4.78, 5) is 3.85. The largest absolute Gasteiger partial charge is 0.497 e. The Morgan fingerprint density at radius 3 is 2.38 bits per heavy atom. The van der Waals surface area contributed by atoms with E-state index in [1.807, 2.05) is 18.2 Å². The summed E-state index contributed by atoms with van der Waals surface area (Å²) >= 11 is 0. The van der Waals surface area contributed by atoms with Gasteiger partial charge in [0.15, 0.2) is 0 Å². The van der Waals surface area contributed by atoms with Crippen molar-refractivity contribution in [2.24, 2.45) is 4.99 Å². The van der Waals surface area contributed by atoms with Gasteiger partial charge in [0.1, 0.15) is 17.5 Å². The Morgan fingerprint density at radius 2 is 2.00 bits per heavy atom. The second-order valence-corrected chi connectivity index (χ2v) is 2.41. The van der Waals surface area contributed by atoms with E-state index < -0.39 is 0 Å². The monoisotopic (exact) mass is 174 g/mol. The third kappa shape index (κ3) is 2.06. The van der Waals surface area contributed by atoms with Crippen molar-refractivity contribution in [1.82, 2.24) is 0 Å². The molecule has 1 rings (SSSR count). The van der Waals surface area contributed by atoms with Crippen molar-refractivity contribution < 1.29 is 4.74 Å². The molecule has 0 unspecified atom stereocenters. The SMILES string of the molecule is C/N=C(/C#N)c1ccc(OC)cc1. The van der Waals surface area contributed by atoms with E-state index in [1.54, 1.807) is 26.3 Å². The molecule has 0 bridgehead atoms. The summed E-state index contributed by atoms with van der Waals surface area (Å²) in [6, 6.07) is 9.24. The molecule has 0 aromatic heterocycles. The zero-order valence-corrected chi connectivity index (χ0v) is 7.61. The molecule has 0 saturated carbocycles. The topological polar surface area (TPSA) is 45.4 Å². The van der Waals surface area contributed by atoms with Crippen LogP contribution in [0.25, 0.3) is 0 Å². The summed E-state index contributed by atoms with van der Waals surface area (Å²) < 4.78 is 4.99. The van der Waals surface area contributed by atoms with Gasteiger partial charge in [-0.15, -0.1) is 0 Å². The van der Waals surface area contributed by atoms with Gasteiger partial charge < -0.3 is 4.74 Å². The fourth-order valence-corrected chi connectivity index (χ4v) is 0.993. The maximum absolute atomic E-state index is 8.69. The summed E-state index contributed by atoms with van der Waals surface area (Å²) in [6.45, 7) is 0. The molecule has 1 aromatic carbocycles. The number of ether oxygens (including phenoxy) is 1. The molecule has 0 N–H and O–H groups in total. The Balaban J connectivity index is 3.00. The van der Waals surface area contributed by atoms with Gasteiger partial charge in [-0.05, 0) is 24.3 Å². The van der Waals surface area contributed by atoms with Crippen LogP contribution in [0.2, 0.25) is 0 Å². The number of benzene rings is 1. The molecule has 0 spiro atoms. The summed E-state index contributed by atoms with van der Waals surface area (Å²) in [7, 11) is 3.21. The highest BCUT2D eigenvalue weighted by molar-refractivity contribution is 6.11. The Hall–Kier alpha value is -1.82. The molecule has 0 saturated heterocycles. The maximum atomic E-state index is 8.69. The smallest absolute Gasteiger partial charge is 0.142 e. The predicted molar refractivity (Wildman–Crippen MR) is 51.1 cm³/mol. The van der Waals surface area contributed by atoms with Gasteiger partial charge in [-0.2, -0.15) is 5.26 Å². The Labute approximate surface area is 77.3 Å². The lowest BCUT2D eigenvalue weighted by molar-refractivity contribution is 0.415. The first kappa shape index (κ1) is 9.27. The summed E-state index contributed by atoms with van der Waals surface area (Å²) in [5, 5.41) is 8.69. The fourth-order valence-electron chi connectivity index (χ4n) is 0.993. The Bertz CT molecular complexity index is 346. The second-order valence-electron chi connectivity index (χ2n) is 2.41. The first-order valence-electron chi connectivity index (χ1n) is 3.83. The molecule has 0 amide bonds. The maximum Gasteiger partial charge on any atom is 0.142 e. The van der Waals surface area contributed by atoms with Gasteiger partial charge in [-0.1, -0.05) is 0 Å². The molecule has 3 nitrogen and oxygen atoms in total. The highest BCUT2D eigenvalue weighted by Gasteiger charge is 2.00. The van der Waals surface area contributed by atoms with Crippen LogP contribution in [-0.4, -0.2) is 19.9 Å². The molecule has 13 heavy (non-hydrogen) atoms. The number of aliphatic imine (C=N–C) groups is 1. The molecular formula is C10H10N2O. The van der Waals surface area contributed by atoms with E-state index in [0.29, 0.717) is 5.71 Å². The van der Waals surface area contributed by atoms with Crippen LogP contribution in [-0.2, 0) is 0 Å². The van der Waals surface area contributed by atoms with Gasteiger partial charge in [0.2, 0.25) is 0 Å². The van der Waals surface area contributed by atoms with Crippen molar-refractivity contribution in [1.29, 1.82) is 5.26 Å². The minimum absolute atomic E-state index is 0.433. The molecule has 1 aromatic rings. The first-order valence-corrected chi connectivity index (χ1v) is 3.83. The van der Waals surface area contributed by atoms with Crippen molar-refractivity contribution in [3.05, 3.63) is 29.8 Å². The fraction of sp³-hybridized carbons (Fsp3) is 0.200. The van der Waals surface area contributed by atoms with Crippen molar-refractivity contribution in [2.45, 2.75) is 0 Å². The zero-order valence-electron chi connectivity index (χ0n) is 7.61. The predicted octanol–water partition coefficient (Wildman–Crippen LogP) is 1.64. The van der Waals surface area contributed by atoms with Gasteiger partial charge in [0.25, 0.3) is 0 Å². The van der Waals surface area contributed by atoms with Crippen molar-refractivity contribution in [3.63, 3.8) is 0 Å². The van der Waals surface area contributed by atoms with Crippen LogP contribution in [0, 0.1) is 11.3 Å². The van der Waals surface area contributed by atoms with Gasteiger partial charge in [-0.3, -0.25) is 4.99 Å². The number of hydrogen-bond donors (Lipinski definition) is 0.